The average molecular weight is 647 g/mol. The van der Waals surface area contributed by atoms with Gasteiger partial charge in [-0.2, -0.15) is 0 Å². The van der Waals surface area contributed by atoms with E-state index in [0.717, 1.165) is 36.1 Å². The van der Waals surface area contributed by atoms with Crippen LogP contribution in [0.3, 0.4) is 0 Å². The number of rotatable bonds is 16. The van der Waals surface area contributed by atoms with Crippen LogP contribution in [0.1, 0.15) is 37.8 Å². The molecule has 0 aliphatic carbocycles. The van der Waals surface area contributed by atoms with Crippen LogP contribution in [0.5, 0.6) is 0 Å². The summed E-state index contributed by atoms with van der Waals surface area (Å²) >= 11 is 0. The number of likely N-dealkylation sites (N-methyl/N-ethyl adjacent to an activating group) is 2. The van der Waals surface area contributed by atoms with Crippen molar-refractivity contribution in [1.82, 2.24) is 20.4 Å². The molecule has 0 radical (unpaired) electrons. The van der Waals surface area contributed by atoms with Gasteiger partial charge in [-0.25, -0.2) is 4.39 Å². The zero-order valence-electron chi connectivity index (χ0n) is 27.5. The number of benzene rings is 3. The highest BCUT2D eigenvalue weighted by molar-refractivity contribution is 5.92. The first-order valence-corrected chi connectivity index (χ1v) is 16.4. The average Bonchev–Trinajstić information content (AvgIpc) is 3.60. The van der Waals surface area contributed by atoms with Gasteiger partial charge in [-0.15, -0.1) is 0 Å². The summed E-state index contributed by atoms with van der Waals surface area (Å²) in [5.74, 6) is -1.59. The third kappa shape index (κ3) is 10.4. The fourth-order valence-electron chi connectivity index (χ4n) is 5.86. The smallest absolute Gasteiger partial charge is 0.249 e. The van der Waals surface area contributed by atoms with Crippen LogP contribution in [-0.2, 0) is 32.0 Å². The minimum Gasteiger partial charge on any atom is -0.392 e. The van der Waals surface area contributed by atoms with Gasteiger partial charge in [0.1, 0.15) is 24.5 Å². The van der Waals surface area contributed by atoms with Gasteiger partial charge >= 0.3 is 0 Å². The van der Waals surface area contributed by atoms with Crippen molar-refractivity contribution >= 4 is 17.7 Å². The molecule has 0 unspecified atom stereocenters. The Balaban J connectivity index is 1.60. The molecule has 1 aliphatic heterocycles. The monoisotopic (exact) mass is 646 g/mol. The van der Waals surface area contributed by atoms with Crippen LogP contribution < -0.4 is 10.6 Å². The molecule has 10 heteroatoms. The van der Waals surface area contributed by atoms with Crippen molar-refractivity contribution in [2.75, 3.05) is 39.9 Å². The quantitative estimate of drug-likeness (QED) is 0.220. The molecular weight excluding hydrogens is 599 g/mol. The Labute approximate surface area is 277 Å². The number of amides is 3. The molecule has 9 nitrogen and oxygen atoms in total. The van der Waals surface area contributed by atoms with E-state index >= 15 is 0 Å². The van der Waals surface area contributed by atoms with Gasteiger partial charge in [0.05, 0.1) is 12.7 Å². The lowest BCUT2D eigenvalue weighted by atomic mass is 9.98. The second-order valence-electron chi connectivity index (χ2n) is 12.2. The minimum absolute atomic E-state index is 0.00470. The van der Waals surface area contributed by atoms with Crippen molar-refractivity contribution in [3.8, 4) is 11.1 Å². The molecule has 3 N–H and O–H groups in total. The Bertz CT molecular complexity index is 1430. The number of nitrogens with one attached hydrogen (secondary N) is 2. The van der Waals surface area contributed by atoms with Gasteiger partial charge < -0.3 is 30.3 Å². The summed E-state index contributed by atoms with van der Waals surface area (Å²) in [5.41, 5.74) is 3.61. The third-order valence-corrected chi connectivity index (χ3v) is 8.55. The van der Waals surface area contributed by atoms with Gasteiger partial charge in [0.2, 0.25) is 17.7 Å². The van der Waals surface area contributed by atoms with Crippen LogP contribution >= 0.6 is 0 Å². The van der Waals surface area contributed by atoms with E-state index in [2.05, 4.69) is 10.6 Å². The molecule has 0 aromatic heterocycles. The van der Waals surface area contributed by atoms with Crippen LogP contribution in [0.25, 0.3) is 11.1 Å². The minimum atomic E-state index is -0.979. The number of ether oxygens (including phenoxy) is 1. The first kappa shape index (κ1) is 35.7. The summed E-state index contributed by atoms with van der Waals surface area (Å²) in [6.45, 7) is 4.81. The van der Waals surface area contributed by atoms with Gasteiger partial charge in [-0.3, -0.25) is 14.4 Å². The molecule has 4 rings (SSSR count). The molecule has 0 bridgehead atoms. The molecule has 3 aromatic rings. The summed E-state index contributed by atoms with van der Waals surface area (Å²) < 4.78 is 19.5. The number of carbonyl (C=O) groups is 3. The van der Waals surface area contributed by atoms with E-state index in [1.165, 1.54) is 21.9 Å². The first-order chi connectivity index (χ1) is 22.7. The number of aliphatic hydroxyl groups is 1. The molecule has 1 fully saturated rings. The summed E-state index contributed by atoms with van der Waals surface area (Å²) in [7, 11) is 1.55. The van der Waals surface area contributed by atoms with Gasteiger partial charge in [-0.05, 0) is 67.6 Å². The van der Waals surface area contributed by atoms with Crippen LogP contribution in [-0.4, -0.2) is 96.8 Å². The van der Waals surface area contributed by atoms with E-state index in [0.29, 0.717) is 12.2 Å². The topological polar surface area (TPSA) is 111 Å². The lowest BCUT2D eigenvalue weighted by molar-refractivity contribution is -0.150. The van der Waals surface area contributed by atoms with Gasteiger partial charge in [0.15, 0.2) is 0 Å². The van der Waals surface area contributed by atoms with E-state index in [1.807, 2.05) is 61.5 Å². The van der Waals surface area contributed by atoms with E-state index < -0.39 is 35.8 Å². The maximum Gasteiger partial charge on any atom is 0.249 e. The lowest BCUT2D eigenvalue weighted by Crippen LogP contribution is -2.57. The Hall–Kier alpha value is -4.12. The standard InChI is InChI=1S/C37H47FN4O5/c1-4-42(35(44)25-47-24-32-11-8-20-39-32)34(22-27-12-16-30(17-13-27)29-9-6-5-7-10-29)37(46)41(3)33(36(45)40-23-26(2)43)21-28-14-18-31(38)19-15-28/h5-7,9-10,12-19,26,32-34,39,43H,4,8,11,20-25H2,1-3H3,(H,40,45)/t26-,32+,33-,34-/m1/s1. The van der Waals surface area contributed by atoms with E-state index in [-0.39, 0.29) is 44.5 Å². The molecule has 1 heterocycles. The molecular formula is C37H47FN4O5. The summed E-state index contributed by atoms with van der Waals surface area (Å²) in [4.78, 5) is 44.4. The largest absolute Gasteiger partial charge is 0.392 e. The maximum atomic E-state index is 14.4. The number of aliphatic hydroxyl groups excluding tert-OH is 1. The fraction of sp³-hybridized carbons (Fsp3) is 0.432. The molecule has 3 amide bonds. The summed E-state index contributed by atoms with van der Waals surface area (Å²) in [6, 6.07) is 21.9. The number of nitrogens with zero attached hydrogens (tertiary/aromatic N) is 2. The Morgan fingerprint density at radius 3 is 2.17 bits per heavy atom. The van der Waals surface area contributed by atoms with Crippen LogP contribution in [0.4, 0.5) is 4.39 Å². The molecule has 1 saturated heterocycles. The lowest BCUT2D eigenvalue weighted by Gasteiger charge is -2.36. The molecule has 0 saturated carbocycles. The van der Waals surface area contributed by atoms with Crippen LogP contribution in [0, 0.1) is 5.82 Å². The Morgan fingerprint density at radius 2 is 1.57 bits per heavy atom. The predicted octanol–water partition coefficient (Wildman–Crippen LogP) is 3.59. The van der Waals surface area contributed by atoms with Crippen molar-refractivity contribution in [1.29, 1.82) is 0 Å². The van der Waals surface area contributed by atoms with Crippen molar-refractivity contribution in [3.63, 3.8) is 0 Å². The van der Waals surface area contributed by atoms with E-state index in [4.69, 9.17) is 4.74 Å². The SMILES string of the molecule is CCN(C(=O)COC[C@@H]1CCCN1)[C@H](Cc1ccc(-c2ccccc2)cc1)C(=O)N(C)[C@H](Cc1ccc(F)cc1)C(=O)NC[C@@H](C)O. The van der Waals surface area contributed by atoms with E-state index in [1.54, 1.807) is 26.1 Å². The zero-order valence-corrected chi connectivity index (χ0v) is 27.5. The maximum absolute atomic E-state index is 14.4. The third-order valence-electron chi connectivity index (χ3n) is 8.55. The summed E-state index contributed by atoms with van der Waals surface area (Å²) in [6.07, 6.45) is 1.61. The highest BCUT2D eigenvalue weighted by atomic mass is 19.1. The fourth-order valence-corrected chi connectivity index (χ4v) is 5.86. The van der Waals surface area contributed by atoms with Crippen molar-refractivity contribution in [2.24, 2.45) is 0 Å². The number of halogens is 1. The second-order valence-corrected chi connectivity index (χ2v) is 12.2. The molecule has 0 spiro atoms. The number of hydrogen-bond acceptors (Lipinski definition) is 6. The first-order valence-electron chi connectivity index (χ1n) is 16.4. The van der Waals surface area contributed by atoms with Crippen LogP contribution in [0.2, 0.25) is 0 Å². The number of hydrogen-bond donors (Lipinski definition) is 3. The Morgan fingerprint density at radius 1 is 0.957 bits per heavy atom. The van der Waals surface area contributed by atoms with Gasteiger partial charge in [0.25, 0.3) is 0 Å². The second kappa shape index (κ2) is 17.7. The Kier molecular flexibility index (Phi) is 13.5. The highest BCUT2D eigenvalue weighted by Crippen LogP contribution is 2.22. The predicted molar refractivity (Wildman–Crippen MR) is 180 cm³/mol. The molecule has 1 aliphatic rings. The van der Waals surface area contributed by atoms with Gasteiger partial charge in [-0.1, -0.05) is 66.7 Å². The molecule has 252 valence electrons. The normalized spacial score (nSPS) is 16.2. The van der Waals surface area contributed by atoms with Crippen molar-refractivity contribution in [3.05, 3.63) is 95.8 Å². The number of carbonyl (C=O) groups excluding carboxylic acids is 3. The molecule has 4 atom stereocenters. The van der Waals surface area contributed by atoms with Crippen molar-refractivity contribution < 1.29 is 28.6 Å². The molecule has 3 aromatic carbocycles. The van der Waals surface area contributed by atoms with Gasteiger partial charge in [0, 0.05) is 39.0 Å². The summed E-state index contributed by atoms with van der Waals surface area (Å²) in [5, 5.41) is 15.9. The van der Waals surface area contributed by atoms with Crippen LogP contribution in [0.15, 0.2) is 78.9 Å². The zero-order chi connectivity index (χ0) is 33.8. The highest BCUT2D eigenvalue weighted by Gasteiger charge is 2.36. The van der Waals surface area contributed by atoms with E-state index in [9.17, 15) is 23.9 Å². The molecule has 47 heavy (non-hydrogen) atoms. The van der Waals surface area contributed by atoms with Crippen molar-refractivity contribution in [2.45, 2.75) is 63.8 Å².